The Bertz CT molecular complexity index is 965. The molecular weight excluding hydrogens is 363 g/mol. The van der Waals surface area contributed by atoms with Crippen molar-refractivity contribution >= 4 is 11.8 Å². The second-order valence-electron chi connectivity index (χ2n) is 5.99. The van der Waals surface area contributed by atoms with Crippen LogP contribution in [0.2, 0.25) is 0 Å². The number of nitrogens with zero attached hydrogens (tertiary/aromatic N) is 2. The van der Waals surface area contributed by atoms with Crippen LogP contribution >= 0.6 is 0 Å². The Morgan fingerprint density at radius 3 is 2.43 bits per heavy atom. The maximum Gasteiger partial charge on any atom is 0.357 e. The zero-order chi connectivity index (χ0) is 20.1. The first kappa shape index (κ1) is 19.3. The van der Waals surface area contributed by atoms with Gasteiger partial charge in [0, 0.05) is 11.3 Å². The molecule has 3 aromatic rings. The van der Waals surface area contributed by atoms with E-state index in [9.17, 15) is 14.0 Å². The van der Waals surface area contributed by atoms with Gasteiger partial charge in [0.1, 0.15) is 11.6 Å². The van der Waals surface area contributed by atoms with Crippen molar-refractivity contribution in [3.8, 4) is 11.4 Å². The third-order valence-electron chi connectivity index (χ3n) is 4.06. The summed E-state index contributed by atoms with van der Waals surface area (Å²) in [5.41, 5.74) is 1.10. The van der Waals surface area contributed by atoms with E-state index in [1.165, 1.54) is 48.3 Å². The van der Waals surface area contributed by atoms with Crippen molar-refractivity contribution in [1.82, 2.24) is 9.55 Å². The highest BCUT2D eigenvalue weighted by atomic mass is 19.1. The lowest BCUT2D eigenvalue weighted by atomic mass is 10.1. The van der Waals surface area contributed by atoms with Crippen molar-refractivity contribution in [2.45, 2.75) is 20.0 Å². The highest BCUT2D eigenvalue weighted by molar-refractivity contribution is 6.01. The molecular formula is C21H19FN2O4. The molecule has 3 rings (SSSR count). The van der Waals surface area contributed by atoms with Gasteiger partial charge in [-0.2, -0.15) is 0 Å². The molecule has 1 unspecified atom stereocenters. The van der Waals surface area contributed by atoms with Gasteiger partial charge in [-0.1, -0.05) is 0 Å². The molecule has 0 aliphatic heterocycles. The molecule has 0 aliphatic rings. The van der Waals surface area contributed by atoms with Crippen LogP contribution in [0.5, 0.6) is 5.75 Å². The minimum atomic E-state index is -0.984. The summed E-state index contributed by atoms with van der Waals surface area (Å²) in [4.78, 5) is 29.0. The lowest BCUT2D eigenvalue weighted by Gasteiger charge is -2.14. The second-order valence-corrected chi connectivity index (χ2v) is 5.99. The largest absolute Gasteiger partial charge is 0.494 e. The molecule has 1 aromatic heterocycles. The van der Waals surface area contributed by atoms with Gasteiger partial charge < -0.3 is 9.47 Å². The van der Waals surface area contributed by atoms with E-state index in [2.05, 4.69) is 4.98 Å². The molecule has 0 saturated heterocycles. The summed E-state index contributed by atoms with van der Waals surface area (Å²) >= 11 is 0. The SMILES string of the molecule is CCOc1ccc(C(=O)C(C)OC(=O)c2cncn2-c2ccc(F)cc2)cc1. The summed E-state index contributed by atoms with van der Waals surface area (Å²) in [7, 11) is 0. The van der Waals surface area contributed by atoms with Gasteiger partial charge in [-0.25, -0.2) is 14.2 Å². The van der Waals surface area contributed by atoms with Crippen LogP contribution in [-0.2, 0) is 4.74 Å². The number of carbonyl (C=O) groups excluding carboxylic acids is 2. The van der Waals surface area contributed by atoms with Crippen LogP contribution in [0.1, 0.15) is 34.7 Å². The molecule has 28 heavy (non-hydrogen) atoms. The second kappa shape index (κ2) is 8.47. The molecule has 6 nitrogen and oxygen atoms in total. The van der Waals surface area contributed by atoms with Crippen LogP contribution in [0.15, 0.2) is 61.1 Å². The first-order chi connectivity index (χ1) is 13.5. The minimum absolute atomic E-state index is 0.137. The van der Waals surface area contributed by atoms with E-state index in [4.69, 9.17) is 9.47 Å². The summed E-state index contributed by atoms with van der Waals surface area (Å²) in [6.07, 6.45) is 1.77. The number of halogens is 1. The molecule has 0 fully saturated rings. The number of Topliss-reactive ketones (excluding diaryl/α,β-unsaturated/α-hetero) is 1. The number of hydrogen-bond acceptors (Lipinski definition) is 5. The van der Waals surface area contributed by atoms with Crippen LogP contribution in [0.25, 0.3) is 5.69 Å². The number of carbonyl (C=O) groups is 2. The molecule has 1 atom stereocenters. The third-order valence-corrected chi connectivity index (χ3v) is 4.06. The van der Waals surface area contributed by atoms with Gasteiger partial charge in [-0.15, -0.1) is 0 Å². The number of hydrogen-bond donors (Lipinski definition) is 0. The lowest BCUT2D eigenvalue weighted by Crippen LogP contribution is -2.25. The Kier molecular flexibility index (Phi) is 5.84. The van der Waals surface area contributed by atoms with Crippen LogP contribution in [-0.4, -0.2) is 34.0 Å². The minimum Gasteiger partial charge on any atom is -0.494 e. The molecule has 0 radical (unpaired) electrons. The maximum atomic E-state index is 13.1. The van der Waals surface area contributed by atoms with Crippen molar-refractivity contribution in [2.24, 2.45) is 0 Å². The number of rotatable bonds is 7. The van der Waals surface area contributed by atoms with E-state index in [0.717, 1.165) is 0 Å². The molecule has 1 heterocycles. The molecule has 0 amide bonds. The highest BCUT2D eigenvalue weighted by Gasteiger charge is 2.23. The Hall–Kier alpha value is -3.48. The number of benzene rings is 2. The van der Waals surface area contributed by atoms with Crippen molar-refractivity contribution in [2.75, 3.05) is 6.61 Å². The fraction of sp³-hybridized carbons (Fsp3) is 0.190. The number of ether oxygens (including phenoxy) is 2. The maximum absolute atomic E-state index is 13.1. The summed E-state index contributed by atoms with van der Waals surface area (Å²) in [5.74, 6) is -0.757. The smallest absolute Gasteiger partial charge is 0.357 e. The highest BCUT2D eigenvalue weighted by Crippen LogP contribution is 2.17. The summed E-state index contributed by atoms with van der Waals surface area (Å²) in [5, 5.41) is 0. The number of aromatic nitrogens is 2. The molecule has 2 aromatic carbocycles. The van der Waals surface area contributed by atoms with Crippen LogP contribution in [0.3, 0.4) is 0 Å². The average Bonchev–Trinajstić information content (AvgIpc) is 3.19. The first-order valence-electron chi connectivity index (χ1n) is 8.76. The molecule has 144 valence electrons. The standard InChI is InChI=1S/C21H19FN2O4/c1-3-27-18-10-4-15(5-11-18)20(25)14(2)28-21(26)19-12-23-13-24(19)17-8-6-16(22)7-9-17/h4-14H,3H2,1-2H3. The van der Waals surface area contributed by atoms with E-state index in [-0.39, 0.29) is 17.3 Å². The van der Waals surface area contributed by atoms with Gasteiger partial charge in [0.25, 0.3) is 0 Å². The normalized spacial score (nSPS) is 11.7. The van der Waals surface area contributed by atoms with E-state index >= 15 is 0 Å². The van der Waals surface area contributed by atoms with Crippen molar-refractivity contribution < 1.29 is 23.5 Å². The van der Waals surface area contributed by atoms with Crippen LogP contribution in [0.4, 0.5) is 4.39 Å². The van der Waals surface area contributed by atoms with Crippen LogP contribution in [0, 0.1) is 5.82 Å². The predicted molar refractivity (Wildman–Crippen MR) is 100 cm³/mol. The number of esters is 1. The number of ketones is 1. The Morgan fingerprint density at radius 2 is 1.79 bits per heavy atom. The Labute approximate surface area is 161 Å². The van der Waals surface area contributed by atoms with Gasteiger partial charge in [-0.05, 0) is 62.4 Å². The zero-order valence-electron chi connectivity index (χ0n) is 15.5. The summed E-state index contributed by atoms with van der Waals surface area (Å²) in [6.45, 7) is 3.91. The molecule has 0 aliphatic carbocycles. The molecule has 7 heteroatoms. The molecule has 0 spiro atoms. The fourth-order valence-electron chi connectivity index (χ4n) is 2.64. The summed E-state index contributed by atoms with van der Waals surface area (Å²) < 4.78 is 25.3. The van der Waals surface area contributed by atoms with E-state index in [1.54, 1.807) is 24.3 Å². The topological polar surface area (TPSA) is 70.4 Å². The average molecular weight is 382 g/mol. The van der Waals surface area contributed by atoms with Crippen molar-refractivity contribution in [3.63, 3.8) is 0 Å². The zero-order valence-corrected chi connectivity index (χ0v) is 15.5. The third kappa shape index (κ3) is 4.25. The van der Waals surface area contributed by atoms with Crippen molar-refractivity contribution in [1.29, 1.82) is 0 Å². The van der Waals surface area contributed by atoms with Gasteiger partial charge in [0.05, 0.1) is 19.1 Å². The number of imidazole rings is 1. The van der Waals surface area contributed by atoms with Gasteiger partial charge in [-0.3, -0.25) is 9.36 Å². The first-order valence-corrected chi connectivity index (χ1v) is 8.76. The summed E-state index contributed by atoms with van der Waals surface area (Å²) in [6, 6.07) is 12.2. The lowest BCUT2D eigenvalue weighted by molar-refractivity contribution is 0.0311. The van der Waals surface area contributed by atoms with E-state index in [1.807, 2.05) is 6.92 Å². The Morgan fingerprint density at radius 1 is 1.11 bits per heavy atom. The monoisotopic (exact) mass is 382 g/mol. The molecule has 0 N–H and O–H groups in total. The predicted octanol–water partition coefficient (Wildman–Crippen LogP) is 3.84. The molecule has 0 bridgehead atoms. The van der Waals surface area contributed by atoms with Gasteiger partial charge in [0.15, 0.2) is 11.8 Å². The van der Waals surface area contributed by atoms with E-state index in [0.29, 0.717) is 23.6 Å². The van der Waals surface area contributed by atoms with Gasteiger partial charge in [0.2, 0.25) is 5.78 Å². The van der Waals surface area contributed by atoms with Crippen molar-refractivity contribution in [3.05, 3.63) is 78.1 Å². The Balaban J connectivity index is 1.71. The van der Waals surface area contributed by atoms with E-state index < -0.39 is 12.1 Å². The molecule has 0 saturated carbocycles. The fourth-order valence-corrected chi connectivity index (χ4v) is 2.64. The quantitative estimate of drug-likeness (QED) is 0.459. The van der Waals surface area contributed by atoms with Gasteiger partial charge >= 0.3 is 5.97 Å². The van der Waals surface area contributed by atoms with Crippen LogP contribution < -0.4 is 4.74 Å².